The third-order valence-corrected chi connectivity index (χ3v) is 8.70. The van der Waals surface area contributed by atoms with Crippen LogP contribution in [0.4, 0.5) is 0 Å². The predicted octanol–water partition coefficient (Wildman–Crippen LogP) is 5.73. The van der Waals surface area contributed by atoms with Crippen LogP contribution in [0.1, 0.15) is 30.9 Å². The number of benzene rings is 2. The largest absolute Gasteiger partial charge is 0.496 e. The first-order valence-electron chi connectivity index (χ1n) is 14.8. The van der Waals surface area contributed by atoms with Crippen LogP contribution in [-0.2, 0) is 22.7 Å². The van der Waals surface area contributed by atoms with Crippen molar-refractivity contribution in [2.75, 3.05) is 20.8 Å². The van der Waals surface area contributed by atoms with Gasteiger partial charge in [-0.05, 0) is 31.5 Å². The average molecular weight is 665 g/mol. The third kappa shape index (κ3) is 7.42. The Morgan fingerprint density at radius 3 is 2.50 bits per heavy atom. The number of carbonyl (C=O) groups is 2. The Morgan fingerprint density at radius 2 is 1.78 bits per heavy atom. The number of nitrogens with zero attached hydrogens (tertiary/aromatic N) is 2. The van der Waals surface area contributed by atoms with Gasteiger partial charge in [-0.2, -0.15) is 0 Å². The molecule has 46 heavy (non-hydrogen) atoms. The Hall–Kier alpha value is -4.22. The maximum atomic E-state index is 11.5. The van der Waals surface area contributed by atoms with Gasteiger partial charge in [-0.25, -0.2) is 4.98 Å². The molecule has 0 saturated carbocycles. The van der Waals surface area contributed by atoms with Crippen LogP contribution < -0.4 is 25.4 Å². The van der Waals surface area contributed by atoms with Gasteiger partial charge in [-0.1, -0.05) is 59.6 Å². The summed E-state index contributed by atoms with van der Waals surface area (Å²) in [5.41, 5.74) is 5.75. The van der Waals surface area contributed by atoms with Crippen molar-refractivity contribution in [2.24, 2.45) is 0 Å². The van der Waals surface area contributed by atoms with Crippen LogP contribution in [0, 0.1) is 0 Å². The number of hydrogen-bond donors (Lipinski definition) is 4. The number of pyridine rings is 2. The van der Waals surface area contributed by atoms with E-state index in [2.05, 4.69) is 20.9 Å². The molecule has 0 spiro atoms. The van der Waals surface area contributed by atoms with Crippen LogP contribution >= 0.6 is 23.2 Å². The fourth-order valence-electron chi connectivity index (χ4n) is 5.32. The van der Waals surface area contributed by atoms with Crippen LogP contribution in [0.3, 0.4) is 0 Å². The van der Waals surface area contributed by atoms with Crippen LogP contribution in [0.15, 0.2) is 60.8 Å². The number of carboxylic acid groups (broad SMARTS) is 1. The van der Waals surface area contributed by atoms with Crippen LogP contribution in [-0.4, -0.2) is 59.8 Å². The molecule has 1 aliphatic heterocycles. The molecule has 4 N–H and O–H groups in total. The first-order chi connectivity index (χ1) is 22.2. The fraction of sp³-hybridized carbons (Fsp3) is 0.294. The van der Waals surface area contributed by atoms with E-state index in [-0.39, 0.29) is 11.9 Å². The zero-order valence-corrected chi connectivity index (χ0v) is 27.2. The van der Waals surface area contributed by atoms with E-state index in [0.717, 1.165) is 23.1 Å². The first kappa shape index (κ1) is 33.2. The Balaban J connectivity index is 1.39. The molecule has 1 aliphatic rings. The number of hydrogen-bond acceptors (Lipinski definition) is 8. The van der Waals surface area contributed by atoms with Gasteiger partial charge in [0.1, 0.15) is 11.8 Å². The molecule has 1 fully saturated rings. The lowest BCUT2D eigenvalue weighted by molar-refractivity contribution is -0.139. The molecule has 4 aromatic rings. The lowest BCUT2D eigenvalue weighted by Crippen LogP contribution is -2.35. The lowest BCUT2D eigenvalue weighted by Gasteiger charge is -2.16. The Kier molecular flexibility index (Phi) is 10.7. The van der Waals surface area contributed by atoms with E-state index in [4.69, 9.17) is 37.7 Å². The molecular formula is C34H35Cl2N5O5. The second kappa shape index (κ2) is 14.9. The topological polar surface area (TPSA) is 135 Å². The maximum absolute atomic E-state index is 11.5. The summed E-state index contributed by atoms with van der Waals surface area (Å²) >= 11 is 14.0. The normalized spacial score (nSPS) is 15.0. The van der Waals surface area contributed by atoms with Gasteiger partial charge in [0.15, 0.2) is 0 Å². The molecule has 1 amide bonds. The number of rotatable bonds is 13. The molecule has 2 aromatic carbocycles. The molecule has 12 heteroatoms. The molecule has 1 saturated heterocycles. The quantitative estimate of drug-likeness (QED) is 0.141. The molecule has 0 bridgehead atoms. The minimum atomic E-state index is -0.932. The summed E-state index contributed by atoms with van der Waals surface area (Å²) in [5, 5.41) is 19.4. The van der Waals surface area contributed by atoms with Crippen LogP contribution in [0.25, 0.3) is 33.6 Å². The molecule has 5 rings (SSSR count). The van der Waals surface area contributed by atoms with Gasteiger partial charge >= 0.3 is 5.97 Å². The van der Waals surface area contributed by atoms with E-state index in [1.807, 2.05) is 54.6 Å². The van der Waals surface area contributed by atoms with Crippen molar-refractivity contribution < 1.29 is 24.2 Å². The zero-order valence-electron chi connectivity index (χ0n) is 25.7. The molecule has 2 aromatic heterocycles. The van der Waals surface area contributed by atoms with E-state index in [1.165, 1.54) is 0 Å². The number of carboxylic acids is 1. The Bertz CT molecular complexity index is 1750. The van der Waals surface area contributed by atoms with Gasteiger partial charge < -0.3 is 30.5 Å². The van der Waals surface area contributed by atoms with Gasteiger partial charge in [0.05, 0.1) is 35.7 Å². The van der Waals surface area contributed by atoms with Crippen molar-refractivity contribution in [3.8, 4) is 45.3 Å². The number of amides is 1. The summed E-state index contributed by atoms with van der Waals surface area (Å²) in [6.07, 6.45) is 3.07. The van der Waals surface area contributed by atoms with Gasteiger partial charge in [0, 0.05) is 71.7 Å². The van der Waals surface area contributed by atoms with Crippen molar-refractivity contribution >= 4 is 35.1 Å². The number of ether oxygens (including phenoxy) is 2. The van der Waals surface area contributed by atoms with Crippen molar-refractivity contribution in [3.63, 3.8) is 0 Å². The van der Waals surface area contributed by atoms with E-state index in [1.54, 1.807) is 27.3 Å². The summed E-state index contributed by atoms with van der Waals surface area (Å²) in [7, 11) is 3.14. The molecule has 0 radical (unpaired) electrons. The molecule has 240 valence electrons. The molecule has 2 atom stereocenters. The zero-order chi connectivity index (χ0) is 32.8. The minimum Gasteiger partial charge on any atom is -0.496 e. The number of halogens is 2. The number of aliphatic carboxylic acids is 1. The summed E-state index contributed by atoms with van der Waals surface area (Å²) < 4.78 is 11.2. The third-order valence-electron chi connectivity index (χ3n) is 7.91. The van der Waals surface area contributed by atoms with E-state index < -0.39 is 12.0 Å². The van der Waals surface area contributed by atoms with Gasteiger partial charge in [-0.3, -0.25) is 14.6 Å². The van der Waals surface area contributed by atoms with E-state index in [9.17, 15) is 14.7 Å². The smallest absolute Gasteiger partial charge is 0.320 e. The van der Waals surface area contributed by atoms with Crippen LogP contribution in [0.5, 0.6) is 11.6 Å². The lowest BCUT2D eigenvalue weighted by atomic mass is 9.99. The van der Waals surface area contributed by atoms with Crippen molar-refractivity contribution in [2.45, 2.75) is 44.9 Å². The second-order valence-corrected chi connectivity index (χ2v) is 11.7. The van der Waals surface area contributed by atoms with Crippen molar-refractivity contribution in [1.29, 1.82) is 0 Å². The average Bonchev–Trinajstić information content (AvgIpc) is 3.48. The monoisotopic (exact) mass is 663 g/mol. The minimum absolute atomic E-state index is 0.0897. The molecule has 3 heterocycles. The fourth-order valence-corrected chi connectivity index (χ4v) is 5.97. The summed E-state index contributed by atoms with van der Waals surface area (Å²) in [5.74, 6) is 0.219. The Morgan fingerprint density at radius 1 is 1.02 bits per heavy atom. The van der Waals surface area contributed by atoms with Crippen LogP contribution in [0.2, 0.25) is 10.0 Å². The highest BCUT2D eigenvalue weighted by molar-refractivity contribution is 6.39. The van der Waals surface area contributed by atoms with Gasteiger partial charge in [-0.15, -0.1) is 0 Å². The summed E-state index contributed by atoms with van der Waals surface area (Å²) in [6.45, 7) is 3.10. The Labute approximate surface area is 277 Å². The maximum Gasteiger partial charge on any atom is 0.320 e. The molecule has 10 nitrogen and oxygen atoms in total. The second-order valence-electron chi connectivity index (χ2n) is 11.0. The SMILES string of the molecule is COc1cc(-c2nccc(-c3cccc(-c4ccc(CNC[C@H]5CCC(=O)N5)c(OC)n4)c3Cl)c2Cl)ccc1CN[C@@H](C)C(=O)O. The number of nitrogens with one attached hydrogen (secondary N) is 3. The first-order valence-corrected chi connectivity index (χ1v) is 15.6. The summed E-state index contributed by atoms with van der Waals surface area (Å²) in [6, 6.07) is 16.3. The van der Waals surface area contributed by atoms with E-state index >= 15 is 0 Å². The summed E-state index contributed by atoms with van der Waals surface area (Å²) in [4.78, 5) is 32.0. The number of carbonyl (C=O) groups excluding carboxylic acids is 1. The van der Waals surface area contributed by atoms with Crippen molar-refractivity contribution in [3.05, 3.63) is 82.0 Å². The standard InChI is InChI=1S/C34H35Cl2N5O5/c1-19(34(43)44)39-17-21-8-7-20(15-28(21)45-2)32-31(36)25(13-14-38-32)24-5-4-6-26(30(24)35)27-11-9-22(33(41-27)46-3)16-37-18-23-10-12-29(42)40-23/h4-9,11,13-15,19,23,37,39H,10,12,16-18H2,1-3H3,(H,40,42)(H,43,44)/t19-,23+/m0/s1. The van der Waals surface area contributed by atoms with Gasteiger partial charge in [0.25, 0.3) is 0 Å². The molecular weight excluding hydrogens is 629 g/mol. The highest BCUT2D eigenvalue weighted by Gasteiger charge is 2.21. The van der Waals surface area contributed by atoms with Crippen molar-refractivity contribution in [1.82, 2.24) is 25.9 Å². The van der Waals surface area contributed by atoms with E-state index in [0.29, 0.717) is 75.8 Å². The number of aromatic nitrogens is 2. The molecule has 0 unspecified atom stereocenters. The molecule has 0 aliphatic carbocycles. The highest BCUT2D eigenvalue weighted by Crippen LogP contribution is 2.42. The predicted molar refractivity (Wildman–Crippen MR) is 178 cm³/mol. The van der Waals surface area contributed by atoms with Gasteiger partial charge in [0.2, 0.25) is 11.8 Å². The number of methoxy groups -OCH3 is 2. The highest BCUT2D eigenvalue weighted by atomic mass is 35.5.